The Kier molecular flexibility index (Phi) is 11.5. The number of aliphatic carboxylic acids is 1. The molecule has 2 atom stereocenters. The molecule has 2 aliphatic rings. The van der Waals surface area contributed by atoms with Gasteiger partial charge in [-0.25, -0.2) is 30.0 Å². The monoisotopic (exact) mass is 792 g/mol. The first-order chi connectivity index (χ1) is 23.9. The van der Waals surface area contributed by atoms with Crippen LogP contribution in [0, 0.1) is 0 Å². The van der Waals surface area contributed by atoms with E-state index in [1.807, 2.05) is 0 Å². The van der Waals surface area contributed by atoms with E-state index in [0.717, 1.165) is 32.4 Å². The molecule has 51 heavy (non-hydrogen) atoms. The molecule has 1 saturated heterocycles. The van der Waals surface area contributed by atoms with E-state index in [4.69, 9.17) is 11.6 Å². The van der Waals surface area contributed by atoms with E-state index < -0.39 is 66.1 Å². The summed E-state index contributed by atoms with van der Waals surface area (Å²) in [6.07, 6.45) is 2.73. The third-order valence-electron chi connectivity index (χ3n) is 8.97. The van der Waals surface area contributed by atoms with Crippen molar-refractivity contribution in [2.45, 2.75) is 47.5 Å². The summed E-state index contributed by atoms with van der Waals surface area (Å²) in [6, 6.07) is 17.8. The molecule has 3 N–H and O–H groups in total. The van der Waals surface area contributed by atoms with Crippen LogP contribution in [0.25, 0.3) is 11.1 Å². The fraction of sp³-hybridized carbons (Fsp3) is 0.406. The molecule has 1 saturated carbocycles. The van der Waals surface area contributed by atoms with Crippen LogP contribution in [0.4, 0.5) is 18.9 Å². The predicted molar refractivity (Wildman–Crippen MR) is 186 cm³/mol. The molecule has 19 heteroatoms. The number of carboxylic acids is 1. The number of likely N-dealkylation sites (tertiary alicyclic amines) is 1. The molecule has 12 nitrogen and oxygen atoms in total. The molecule has 1 aliphatic carbocycles. The highest BCUT2D eigenvalue weighted by Gasteiger charge is 2.68. The number of halogens is 4. The van der Waals surface area contributed by atoms with E-state index in [2.05, 4.69) is 9.62 Å². The van der Waals surface area contributed by atoms with Gasteiger partial charge in [-0.1, -0.05) is 54.4 Å². The van der Waals surface area contributed by atoms with Gasteiger partial charge in [0.25, 0.3) is 0 Å². The highest BCUT2D eigenvalue weighted by atomic mass is 35.5. The quantitative estimate of drug-likeness (QED) is 0.198. The van der Waals surface area contributed by atoms with Crippen LogP contribution in [0.5, 0.6) is 0 Å². The molecule has 0 unspecified atom stereocenters. The predicted octanol–water partition coefficient (Wildman–Crippen LogP) is 4.68. The number of piperidine rings is 1. The van der Waals surface area contributed by atoms with Crippen molar-refractivity contribution in [3.63, 3.8) is 0 Å². The Labute approximate surface area is 299 Å². The van der Waals surface area contributed by atoms with E-state index >= 15 is 0 Å². The molecule has 278 valence electrons. The first-order valence-corrected chi connectivity index (χ1v) is 20.8. The second kappa shape index (κ2) is 15.0. The van der Waals surface area contributed by atoms with E-state index in [-0.39, 0.29) is 28.3 Å². The Morgan fingerprint density at radius 3 is 2.12 bits per heavy atom. The van der Waals surface area contributed by atoms with Crippen LogP contribution in [0.3, 0.4) is 0 Å². The number of carboxylic acid groups (broad SMARTS) is 1. The number of anilines is 1. The zero-order valence-corrected chi connectivity index (χ0v) is 30.2. The fourth-order valence-corrected chi connectivity index (χ4v) is 9.74. The SMILES string of the molecule is O=C(O)[C@@]1(N(CCNS(=O)(=O)C(F)(F)F)S(=O)(=O)c2ccc(-c3ccc(Cl)cc3)cc2)C[C@H]1c1cccc(NS(=O)(=O)CCN2CCCCC2)c1. The lowest BCUT2D eigenvalue weighted by Crippen LogP contribution is -2.51. The van der Waals surface area contributed by atoms with Crippen molar-refractivity contribution in [2.75, 3.05) is 43.2 Å². The molecular formula is C32H36ClF3N4O8S3. The molecule has 3 aromatic rings. The minimum Gasteiger partial charge on any atom is -0.480 e. The first-order valence-electron chi connectivity index (χ1n) is 15.9. The van der Waals surface area contributed by atoms with Gasteiger partial charge < -0.3 is 10.0 Å². The van der Waals surface area contributed by atoms with Crippen LogP contribution >= 0.6 is 11.6 Å². The van der Waals surface area contributed by atoms with Gasteiger partial charge >= 0.3 is 21.5 Å². The van der Waals surface area contributed by atoms with Gasteiger partial charge in [-0.15, -0.1) is 0 Å². The Morgan fingerprint density at radius 1 is 0.922 bits per heavy atom. The van der Waals surface area contributed by atoms with Gasteiger partial charge in [-0.3, -0.25) is 9.52 Å². The molecule has 5 rings (SSSR count). The number of hydrogen-bond donors (Lipinski definition) is 3. The number of rotatable bonds is 15. The van der Waals surface area contributed by atoms with Gasteiger partial charge in [0.1, 0.15) is 5.54 Å². The van der Waals surface area contributed by atoms with Crippen molar-refractivity contribution in [3.8, 4) is 11.1 Å². The third kappa shape index (κ3) is 8.86. The van der Waals surface area contributed by atoms with Gasteiger partial charge in [-0.2, -0.15) is 17.5 Å². The number of nitrogens with one attached hydrogen (secondary N) is 2. The molecule has 0 bridgehead atoms. The van der Waals surface area contributed by atoms with E-state index in [0.29, 0.717) is 27.0 Å². The topological polar surface area (TPSA) is 170 Å². The Hall–Kier alpha value is -3.26. The number of alkyl halides is 3. The molecule has 0 aromatic heterocycles. The second-order valence-electron chi connectivity index (χ2n) is 12.4. The second-order valence-corrected chi connectivity index (χ2v) is 18.3. The minimum absolute atomic E-state index is 0.113. The lowest BCUT2D eigenvalue weighted by Gasteiger charge is -2.30. The fourth-order valence-electron chi connectivity index (χ4n) is 6.23. The first kappa shape index (κ1) is 39.0. The lowest BCUT2D eigenvalue weighted by atomic mass is 10.1. The van der Waals surface area contributed by atoms with Crippen LogP contribution in [0.15, 0.2) is 77.7 Å². The summed E-state index contributed by atoms with van der Waals surface area (Å²) in [7, 11) is -14.5. The molecule has 1 aliphatic heterocycles. The zero-order valence-electron chi connectivity index (χ0n) is 27.0. The van der Waals surface area contributed by atoms with Crippen molar-refractivity contribution in [1.82, 2.24) is 13.9 Å². The third-order valence-corrected chi connectivity index (χ3v) is 13.6. The van der Waals surface area contributed by atoms with E-state index in [1.165, 1.54) is 53.3 Å². The normalized spacial score (nSPS) is 20.3. The molecular weight excluding hydrogens is 757 g/mol. The number of benzene rings is 3. The maximum atomic E-state index is 14.2. The molecule has 0 amide bonds. The van der Waals surface area contributed by atoms with Crippen molar-refractivity contribution in [2.24, 2.45) is 0 Å². The zero-order chi connectivity index (χ0) is 37.2. The van der Waals surface area contributed by atoms with E-state index in [9.17, 15) is 48.3 Å². The Balaban J connectivity index is 1.43. The Morgan fingerprint density at radius 2 is 1.53 bits per heavy atom. The number of carbonyl (C=O) groups is 1. The average molecular weight is 793 g/mol. The van der Waals surface area contributed by atoms with Crippen molar-refractivity contribution < 1.29 is 48.3 Å². The summed E-state index contributed by atoms with van der Waals surface area (Å²) >= 11 is 5.95. The van der Waals surface area contributed by atoms with Gasteiger partial charge in [-0.05, 0) is 85.4 Å². The Bertz CT molecular complexity index is 2060. The van der Waals surface area contributed by atoms with Gasteiger partial charge in [0.15, 0.2) is 0 Å². The maximum absolute atomic E-state index is 14.2. The number of sulfonamides is 3. The van der Waals surface area contributed by atoms with Crippen molar-refractivity contribution >= 4 is 53.3 Å². The summed E-state index contributed by atoms with van der Waals surface area (Å²) < 4.78 is 121. The van der Waals surface area contributed by atoms with Crippen LogP contribution in [0.1, 0.15) is 37.2 Å². The summed E-state index contributed by atoms with van der Waals surface area (Å²) in [4.78, 5) is 14.6. The average Bonchev–Trinajstić information content (AvgIpc) is 3.83. The van der Waals surface area contributed by atoms with Crippen LogP contribution in [-0.4, -0.2) is 95.1 Å². The van der Waals surface area contributed by atoms with E-state index in [1.54, 1.807) is 24.3 Å². The van der Waals surface area contributed by atoms with Crippen LogP contribution in [0.2, 0.25) is 5.02 Å². The molecule has 1 heterocycles. The van der Waals surface area contributed by atoms with Gasteiger partial charge in [0.2, 0.25) is 20.0 Å². The molecule has 0 radical (unpaired) electrons. The summed E-state index contributed by atoms with van der Waals surface area (Å²) in [5, 5.41) is 11.0. The standard InChI is InChI=1S/C32H36ClF3N4O8S3/c33-26-11-7-23(8-12-26)24-9-13-28(14-10-24)50(45,46)40(18-15-37-51(47,48)32(34,35)36)31(30(41)42)22-29(31)25-5-4-6-27(21-25)38-49(43,44)20-19-39-16-2-1-3-17-39/h4-14,21,29,37-38H,1-3,15-20,22H2,(H,41,42)/t29-,31+/m0/s1. The molecule has 2 fully saturated rings. The van der Waals surface area contributed by atoms with Crippen molar-refractivity contribution in [1.29, 1.82) is 0 Å². The van der Waals surface area contributed by atoms with Crippen molar-refractivity contribution in [3.05, 3.63) is 83.4 Å². The smallest absolute Gasteiger partial charge is 0.480 e. The molecule has 3 aromatic carbocycles. The van der Waals surface area contributed by atoms with Crippen LogP contribution in [-0.2, 0) is 34.9 Å². The van der Waals surface area contributed by atoms with Gasteiger partial charge in [0.05, 0.1) is 10.6 Å². The largest absolute Gasteiger partial charge is 0.511 e. The molecule has 0 spiro atoms. The lowest BCUT2D eigenvalue weighted by molar-refractivity contribution is -0.143. The number of hydrogen-bond acceptors (Lipinski definition) is 8. The minimum atomic E-state index is -5.89. The van der Waals surface area contributed by atoms with Crippen LogP contribution < -0.4 is 9.44 Å². The summed E-state index contributed by atoms with van der Waals surface area (Å²) in [5.74, 6) is -2.88. The highest BCUT2D eigenvalue weighted by molar-refractivity contribution is 7.92. The maximum Gasteiger partial charge on any atom is 0.511 e. The van der Waals surface area contributed by atoms with Gasteiger partial charge in [0, 0.05) is 36.3 Å². The summed E-state index contributed by atoms with van der Waals surface area (Å²) in [5.41, 5.74) is -6.30. The summed E-state index contributed by atoms with van der Waals surface area (Å²) in [6.45, 7) is -0.142. The number of nitrogens with zero attached hydrogens (tertiary/aromatic N) is 2. The highest BCUT2D eigenvalue weighted by Crippen LogP contribution is 2.57.